The Morgan fingerprint density at radius 3 is 2.81 bits per heavy atom. The van der Waals surface area contributed by atoms with E-state index in [2.05, 4.69) is 20.2 Å². The topological polar surface area (TPSA) is 92.5 Å². The van der Waals surface area contributed by atoms with E-state index in [1.807, 2.05) is 18.2 Å². The molecule has 4 heterocycles. The Hall–Kier alpha value is -2.97. The Labute approximate surface area is 156 Å². The van der Waals surface area contributed by atoms with Crippen molar-refractivity contribution in [2.45, 2.75) is 0 Å². The summed E-state index contributed by atoms with van der Waals surface area (Å²) in [5, 5.41) is 13.9. The molecule has 0 aromatic carbocycles. The summed E-state index contributed by atoms with van der Waals surface area (Å²) >= 11 is 0. The van der Waals surface area contributed by atoms with Crippen molar-refractivity contribution < 1.29 is 9.94 Å². The van der Waals surface area contributed by atoms with Crippen LogP contribution in [0.15, 0.2) is 47.5 Å². The lowest BCUT2D eigenvalue weighted by molar-refractivity contribution is 0.0398. The van der Waals surface area contributed by atoms with Gasteiger partial charge in [0.2, 0.25) is 0 Å². The van der Waals surface area contributed by atoms with Crippen LogP contribution in [0.3, 0.4) is 0 Å². The number of nitrogens with zero attached hydrogens (tertiary/aromatic N) is 4. The molecule has 0 amide bonds. The maximum absolute atomic E-state index is 12.0. The Balaban J connectivity index is 1.50. The molecule has 4 rings (SSSR count). The van der Waals surface area contributed by atoms with Crippen molar-refractivity contribution in [1.29, 1.82) is 0 Å². The van der Waals surface area contributed by atoms with E-state index in [-0.39, 0.29) is 5.65 Å². The lowest BCUT2D eigenvalue weighted by atomic mass is 10.0. The molecule has 2 N–H and O–H groups in total. The zero-order chi connectivity index (χ0) is 18.6. The highest BCUT2D eigenvalue weighted by molar-refractivity contribution is 5.92. The van der Waals surface area contributed by atoms with Gasteiger partial charge in [0.1, 0.15) is 5.82 Å². The van der Waals surface area contributed by atoms with E-state index in [1.54, 1.807) is 12.3 Å². The van der Waals surface area contributed by atoms with Crippen molar-refractivity contribution in [2.24, 2.45) is 0 Å². The summed E-state index contributed by atoms with van der Waals surface area (Å²) in [5.74, 6) is 0.782. The first-order valence-corrected chi connectivity index (χ1v) is 8.93. The van der Waals surface area contributed by atoms with Crippen LogP contribution in [0.5, 0.6) is 0 Å². The zero-order valence-corrected chi connectivity index (χ0v) is 14.8. The van der Waals surface area contributed by atoms with E-state index >= 15 is 0 Å². The summed E-state index contributed by atoms with van der Waals surface area (Å²) < 4.78 is 5.91. The van der Waals surface area contributed by atoms with E-state index < -0.39 is 5.56 Å². The van der Waals surface area contributed by atoms with Crippen molar-refractivity contribution >= 4 is 16.9 Å². The summed E-state index contributed by atoms with van der Waals surface area (Å²) in [6.45, 7) is 5.26. The van der Waals surface area contributed by atoms with Gasteiger partial charge in [-0.25, -0.2) is 9.97 Å². The number of ether oxygens (including phenoxy) is 1. The van der Waals surface area contributed by atoms with Crippen molar-refractivity contribution in [3.8, 4) is 11.1 Å². The van der Waals surface area contributed by atoms with Gasteiger partial charge in [0.05, 0.1) is 13.2 Å². The van der Waals surface area contributed by atoms with Crippen LogP contribution in [0, 0.1) is 0 Å². The molecule has 3 aromatic heterocycles. The highest BCUT2D eigenvalue weighted by Gasteiger charge is 2.12. The Morgan fingerprint density at radius 2 is 2.04 bits per heavy atom. The van der Waals surface area contributed by atoms with E-state index in [4.69, 9.17) is 4.74 Å². The molecule has 140 valence electrons. The molecule has 1 fully saturated rings. The number of aromatic nitrogens is 3. The van der Waals surface area contributed by atoms with E-state index in [0.717, 1.165) is 50.8 Å². The minimum Gasteiger partial charge on any atom is -0.423 e. The number of morpholine rings is 1. The molecule has 0 spiro atoms. The Kier molecular flexibility index (Phi) is 4.99. The molecule has 0 saturated carbocycles. The third-order valence-electron chi connectivity index (χ3n) is 4.67. The van der Waals surface area contributed by atoms with Gasteiger partial charge in [-0.1, -0.05) is 0 Å². The summed E-state index contributed by atoms with van der Waals surface area (Å²) in [6, 6.07) is 8.78. The van der Waals surface area contributed by atoms with Crippen molar-refractivity contribution in [3.05, 3.63) is 53.1 Å². The van der Waals surface area contributed by atoms with Gasteiger partial charge < -0.3 is 15.3 Å². The normalized spacial score (nSPS) is 15.1. The van der Waals surface area contributed by atoms with Gasteiger partial charge in [0.15, 0.2) is 5.65 Å². The molecular weight excluding hydrogens is 346 g/mol. The molecule has 0 unspecified atom stereocenters. The monoisotopic (exact) mass is 367 g/mol. The van der Waals surface area contributed by atoms with Crippen LogP contribution in [0.2, 0.25) is 0 Å². The zero-order valence-electron chi connectivity index (χ0n) is 14.8. The highest BCUT2D eigenvalue weighted by atomic mass is 16.5. The second-order valence-corrected chi connectivity index (χ2v) is 6.40. The van der Waals surface area contributed by atoms with E-state index in [9.17, 15) is 10.0 Å². The second kappa shape index (κ2) is 7.73. The number of fused-ring (bicyclic) bond motifs is 1. The molecule has 1 aliphatic rings. The minimum absolute atomic E-state index is 0.229. The maximum Gasteiger partial charge on any atom is 0.285 e. The number of pyridine rings is 3. The molecule has 1 saturated heterocycles. The molecule has 1 aliphatic heterocycles. The number of hydrogen-bond acceptors (Lipinski definition) is 7. The summed E-state index contributed by atoms with van der Waals surface area (Å²) in [4.78, 5) is 22.9. The molecule has 0 radical (unpaired) electrons. The number of hydrogen-bond donors (Lipinski definition) is 2. The first-order valence-electron chi connectivity index (χ1n) is 8.93. The Morgan fingerprint density at radius 1 is 1.19 bits per heavy atom. The lowest BCUT2D eigenvalue weighted by Crippen LogP contribution is -2.39. The van der Waals surface area contributed by atoms with Crippen molar-refractivity contribution in [2.75, 3.05) is 44.7 Å². The van der Waals surface area contributed by atoms with Gasteiger partial charge in [-0.2, -0.15) is 0 Å². The van der Waals surface area contributed by atoms with E-state index in [0.29, 0.717) is 15.7 Å². The number of rotatable bonds is 5. The van der Waals surface area contributed by atoms with E-state index in [1.165, 1.54) is 12.3 Å². The van der Waals surface area contributed by atoms with Gasteiger partial charge in [0.25, 0.3) is 5.56 Å². The third-order valence-corrected chi connectivity index (χ3v) is 4.67. The van der Waals surface area contributed by atoms with Crippen LogP contribution in [0.4, 0.5) is 5.82 Å². The SMILES string of the molecule is O=c1cc(-c2ccc(NCCN3CCOCC3)nc2)c2cccnc2n1O. The van der Waals surface area contributed by atoms with Gasteiger partial charge in [-0.15, -0.1) is 4.73 Å². The third kappa shape index (κ3) is 3.76. The second-order valence-electron chi connectivity index (χ2n) is 6.40. The van der Waals surface area contributed by atoms with Crippen LogP contribution in [0.1, 0.15) is 0 Å². The minimum atomic E-state index is -0.524. The van der Waals surface area contributed by atoms with Crippen LogP contribution in [-0.2, 0) is 4.74 Å². The molecule has 0 atom stereocenters. The fourth-order valence-electron chi connectivity index (χ4n) is 3.21. The van der Waals surface area contributed by atoms with Gasteiger partial charge >= 0.3 is 0 Å². The van der Waals surface area contributed by atoms with Crippen LogP contribution < -0.4 is 10.9 Å². The van der Waals surface area contributed by atoms with Crippen molar-refractivity contribution in [3.63, 3.8) is 0 Å². The molecule has 27 heavy (non-hydrogen) atoms. The van der Waals surface area contributed by atoms with Gasteiger partial charge in [-0.05, 0) is 29.8 Å². The van der Waals surface area contributed by atoms with Crippen molar-refractivity contribution in [1.82, 2.24) is 19.6 Å². The smallest absolute Gasteiger partial charge is 0.285 e. The standard InChI is InChI=1S/C19H21N5O3/c25-18-12-16(15-2-1-5-21-19(15)24(18)26)14-3-4-17(22-13-14)20-6-7-23-8-10-27-11-9-23/h1-5,12-13,26H,6-11H2,(H,20,22). The quantitative estimate of drug-likeness (QED) is 0.659. The number of nitrogens with one attached hydrogen (secondary N) is 1. The lowest BCUT2D eigenvalue weighted by Gasteiger charge is -2.26. The maximum atomic E-state index is 12.0. The predicted octanol–water partition coefficient (Wildman–Crippen LogP) is 1.44. The number of anilines is 1. The fourth-order valence-corrected chi connectivity index (χ4v) is 3.21. The first kappa shape index (κ1) is 17.4. The van der Waals surface area contributed by atoms with Gasteiger partial charge in [-0.3, -0.25) is 9.69 Å². The van der Waals surface area contributed by atoms with Gasteiger partial charge in [0, 0.05) is 55.6 Å². The highest BCUT2D eigenvalue weighted by Crippen LogP contribution is 2.25. The largest absolute Gasteiger partial charge is 0.423 e. The van der Waals surface area contributed by atoms with Crippen LogP contribution in [0.25, 0.3) is 22.2 Å². The summed E-state index contributed by atoms with van der Waals surface area (Å²) in [7, 11) is 0. The summed E-state index contributed by atoms with van der Waals surface area (Å²) in [5.41, 5.74) is 1.20. The molecule has 0 aliphatic carbocycles. The average Bonchev–Trinajstić information content (AvgIpc) is 2.72. The Bertz CT molecular complexity index is 981. The molecule has 8 nitrogen and oxygen atoms in total. The molecular formula is C19H21N5O3. The first-order chi connectivity index (χ1) is 13.2. The predicted molar refractivity (Wildman–Crippen MR) is 102 cm³/mol. The molecule has 3 aromatic rings. The average molecular weight is 367 g/mol. The van der Waals surface area contributed by atoms with Crippen LogP contribution in [-0.4, -0.2) is 64.2 Å². The molecule has 0 bridgehead atoms. The summed E-state index contributed by atoms with van der Waals surface area (Å²) in [6.07, 6.45) is 3.26. The fraction of sp³-hybridized carbons (Fsp3) is 0.316. The molecule has 8 heteroatoms. The van der Waals surface area contributed by atoms with Crippen LogP contribution >= 0.6 is 0 Å².